The van der Waals surface area contributed by atoms with Gasteiger partial charge >= 0.3 is 0 Å². The van der Waals surface area contributed by atoms with Crippen molar-refractivity contribution < 1.29 is 14.6 Å². The van der Waals surface area contributed by atoms with Crippen LogP contribution in [0.1, 0.15) is 13.8 Å². The SMILES string of the molecule is CC(C)N1CCOC(CN2CCOCC2CO)C1. The second kappa shape index (κ2) is 6.82. The van der Waals surface area contributed by atoms with Gasteiger partial charge in [0.15, 0.2) is 0 Å². The maximum Gasteiger partial charge on any atom is 0.0829 e. The molecular formula is C13H26N2O3. The van der Waals surface area contributed by atoms with E-state index in [1.807, 2.05) is 0 Å². The Morgan fingerprint density at radius 1 is 1.28 bits per heavy atom. The van der Waals surface area contributed by atoms with Crippen molar-refractivity contribution in [1.29, 1.82) is 0 Å². The quantitative estimate of drug-likeness (QED) is 0.756. The van der Waals surface area contributed by atoms with Crippen molar-refractivity contribution in [3.05, 3.63) is 0 Å². The molecule has 0 aromatic carbocycles. The monoisotopic (exact) mass is 258 g/mol. The van der Waals surface area contributed by atoms with Crippen molar-refractivity contribution in [2.24, 2.45) is 0 Å². The van der Waals surface area contributed by atoms with Crippen LogP contribution in [0.4, 0.5) is 0 Å². The minimum Gasteiger partial charge on any atom is -0.395 e. The summed E-state index contributed by atoms with van der Waals surface area (Å²) in [6, 6.07) is 0.714. The van der Waals surface area contributed by atoms with Crippen LogP contribution in [0, 0.1) is 0 Å². The van der Waals surface area contributed by atoms with Gasteiger partial charge in [0.25, 0.3) is 0 Å². The Labute approximate surface area is 110 Å². The average Bonchev–Trinajstić information content (AvgIpc) is 2.39. The van der Waals surface area contributed by atoms with E-state index in [0.29, 0.717) is 12.6 Å². The van der Waals surface area contributed by atoms with Gasteiger partial charge in [-0.25, -0.2) is 0 Å². The average molecular weight is 258 g/mol. The lowest BCUT2D eigenvalue weighted by molar-refractivity contribution is -0.0845. The minimum atomic E-state index is 0.136. The van der Waals surface area contributed by atoms with Gasteiger partial charge in [-0.3, -0.25) is 9.80 Å². The summed E-state index contributed by atoms with van der Waals surface area (Å²) in [5.41, 5.74) is 0. The molecule has 2 aliphatic heterocycles. The van der Waals surface area contributed by atoms with Crippen LogP contribution in [-0.2, 0) is 9.47 Å². The molecule has 2 saturated heterocycles. The highest BCUT2D eigenvalue weighted by Crippen LogP contribution is 2.13. The van der Waals surface area contributed by atoms with Crippen LogP contribution in [0.3, 0.4) is 0 Å². The standard InChI is InChI=1S/C13H26N2O3/c1-11(2)14-4-6-18-13(7-14)8-15-3-5-17-10-12(15)9-16/h11-13,16H,3-10H2,1-2H3. The van der Waals surface area contributed by atoms with Crippen LogP contribution >= 0.6 is 0 Å². The maximum absolute atomic E-state index is 9.36. The second-order valence-electron chi connectivity index (χ2n) is 5.49. The van der Waals surface area contributed by atoms with E-state index in [1.165, 1.54) is 0 Å². The summed E-state index contributed by atoms with van der Waals surface area (Å²) in [6.07, 6.45) is 0.258. The molecule has 5 nitrogen and oxygen atoms in total. The number of nitrogens with zero attached hydrogens (tertiary/aromatic N) is 2. The molecule has 5 heteroatoms. The third-order valence-corrected chi connectivity index (χ3v) is 3.90. The molecule has 0 amide bonds. The number of hydrogen-bond donors (Lipinski definition) is 1. The molecule has 0 saturated carbocycles. The summed E-state index contributed by atoms with van der Waals surface area (Å²) in [4.78, 5) is 4.76. The first kappa shape index (κ1) is 14.2. The maximum atomic E-state index is 9.36. The Balaban J connectivity index is 1.84. The molecule has 2 aliphatic rings. The number of ether oxygens (including phenoxy) is 2. The summed E-state index contributed by atoms with van der Waals surface area (Å²) in [5, 5.41) is 9.36. The lowest BCUT2D eigenvalue weighted by Crippen LogP contribution is -2.54. The van der Waals surface area contributed by atoms with E-state index in [4.69, 9.17) is 9.47 Å². The Morgan fingerprint density at radius 2 is 2.11 bits per heavy atom. The van der Waals surface area contributed by atoms with E-state index in [0.717, 1.165) is 39.4 Å². The van der Waals surface area contributed by atoms with Crippen molar-refractivity contribution in [1.82, 2.24) is 9.80 Å². The summed E-state index contributed by atoms with van der Waals surface area (Å²) < 4.78 is 11.2. The molecule has 0 spiro atoms. The van der Waals surface area contributed by atoms with Crippen LogP contribution in [0.5, 0.6) is 0 Å². The molecule has 0 aromatic rings. The number of aliphatic hydroxyl groups excluding tert-OH is 1. The summed E-state index contributed by atoms with van der Waals surface area (Å²) in [5.74, 6) is 0. The van der Waals surface area contributed by atoms with Crippen molar-refractivity contribution in [2.45, 2.75) is 32.0 Å². The summed E-state index contributed by atoms with van der Waals surface area (Å²) in [6.45, 7) is 10.7. The van der Waals surface area contributed by atoms with E-state index >= 15 is 0 Å². The van der Waals surface area contributed by atoms with Gasteiger partial charge in [-0.15, -0.1) is 0 Å². The molecule has 0 radical (unpaired) electrons. The second-order valence-corrected chi connectivity index (χ2v) is 5.49. The van der Waals surface area contributed by atoms with E-state index < -0.39 is 0 Å². The van der Waals surface area contributed by atoms with Crippen molar-refractivity contribution in [2.75, 3.05) is 52.6 Å². The third-order valence-electron chi connectivity index (χ3n) is 3.90. The predicted molar refractivity (Wildman–Crippen MR) is 69.7 cm³/mol. The zero-order valence-electron chi connectivity index (χ0n) is 11.5. The van der Waals surface area contributed by atoms with Crippen LogP contribution in [0.15, 0.2) is 0 Å². The Kier molecular flexibility index (Phi) is 5.38. The van der Waals surface area contributed by atoms with E-state index in [9.17, 15) is 5.11 Å². The molecular weight excluding hydrogens is 232 g/mol. The highest BCUT2D eigenvalue weighted by Gasteiger charge is 2.28. The zero-order chi connectivity index (χ0) is 13.0. The fourth-order valence-electron chi connectivity index (χ4n) is 2.68. The first-order valence-electron chi connectivity index (χ1n) is 6.99. The highest BCUT2D eigenvalue weighted by atomic mass is 16.5. The van der Waals surface area contributed by atoms with E-state index in [-0.39, 0.29) is 18.8 Å². The number of morpholine rings is 2. The Hall–Kier alpha value is -0.200. The summed E-state index contributed by atoms with van der Waals surface area (Å²) >= 11 is 0. The lowest BCUT2D eigenvalue weighted by Gasteiger charge is -2.40. The highest BCUT2D eigenvalue weighted by molar-refractivity contribution is 4.81. The van der Waals surface area contributed by atoms with Gasteiger partial charge in [-0.2, -0.15) is 0 Å². The van der Waals surface area contributed by atoms with Crippen molar-refractivity contribution >= 4 is 0 Å². The van der Waals surface area contributed by atoms with Gasteiger partial charge in [-0.1, -0.05) is 0 Å². The molecule has 2 rings (SSSR count). The van der Waals surface area contributed by atoms with Gasteiger partial charge in [0.2, 0.25) is 0 Å². The molecule has 2 atom stereocenters. The molecule has 1 N–H and O–H groups in total. The largest absolute Gasteiger partial charge is 0.395 e. The normalized spacial score (nSPS) is 32.0. The van der Waals surface area contributed by atoms with E-state index in [2.05, 4.69) is 23.6 Å². The molecule has 106 valence electrons. The van der Waals surface area contributed by atoms with Crippen LogP contribution in [0.25, 0.3) is 0 Å². The van der Waals surface area contributed by atoms with Crippen molar-refractivity contribution in [3.63, 3.8) is 0 Å². The number of hydrogen-bond acceptors (Lipinski definition) is 5. The van der Waals surface area contributed by atoms with Gasteiger partial charge in [0.1, 0.15) is 0 Å². The van der Waals surface area contributed by atoms with Crippen LogP contribution in [-0.4, -0.2) is 85.7 Å². The van der Waals surface area contributed by atoms with Gasteiger partial charge < -0.3 is 14.6 Å². The first-order chi connectivity index (χ1) is 8.70. The Bertz CT molecular complexity index is 250. The van der Waals surface area contributed by atoms with Crippen LogP contribution < -0.4 is 0 Å². The first-order valence-corrected chi connectivity index (χ1v) is 6.99. The van der Waals surface area contributed by atoms with Gasteiger partial charge in [-0.05, 0) is 13.8 Å². The fourth-order valence-corrected chi connectivity index (χ4v) is 2.68. The lowest BCUT2D eigenvalue weighted by atomic mass is 10.1. The van der Waals surface area contributed by atoms with Crippen molar-refractivity contribution in [3.8, 4) is 0 Å². The molecule has 0 aliphatic carbocycles. The molecule has 2 fully saturated rings. The van der Waals surface area contributed by atoms with E-state index in [1.54, 1.807) is 0 Å². The molecule has 2 unspecified atom stereocenters. The topological polar surface area (TPSA) is 45.2 Å². The molecule has 0 aromatic heterocycles. The van der Waals surface area contributed by atoms with Gasteiger partial charge in [0, 0.05) is 32.2 Å². The van der Waals surface area contributed by atoms with Gasteiger partial charge in [0.05, 0.1) is 38.6 Å². The summed E-state index contributed by atoms with van der Waals surface area (Å²) in [7, 11) is 0. The smallest absolute Gasteiger partial charge is 0.0829 e. The molecule has 0 bridgehead atoms. The van der Waals surface area contributed by atoms with Crippen LogP contribution in [0.2, 0.25) is 0 Å². The number of aliphatic hydroxyl groups is 1. The number of rotatable bonds is 4. The predicted octanol–water partition coefficient (Wildman–Crippen LogP) is -0.211. The molecule has 2 heterocycles. The fraction of sp³-hybridized carbons (Fsp3) is 1.00. The zero-order valence-corrected chi connectivity index (χ0v) is 11.5. The third kappa shape index (κ3) is 3.65. The minimum absolute atomic E-state index is 0.136. The molecule has 18 heavy (non-hydrogen) atoms. The Morgan fingerprint density at radius 3 is 2.83 bits per heavy atom.